The highest BCUT2D eigenvalue weighted by molar-refractivity contribution is 5.87. The van der Waals surface area contributed by atoms with Gasteiger partial charge in [-0.25, -0.2) is 4.39 Å². The third-order valence-corrected chi connectivity index (χ3v) is 5.73. The van der Waals surface area contributed by atoms with Crippen LogP contribution in [0.4, 0.5) is 4.39 Å². The predicted octanol–water partition coefficient (Wildman–Crippen LogP) is 4.57. The van der Waals surface area contributed by atoms with Crippen molar-refractivity contribution in [2.45, 2.75) is 31.5 Å². The van der Waals surface area contributed by atoms with Gasteiger partial charge in [0.15, 0.2) is 0 Å². The lowest BCUT2D eigenvalue weighted by Crippen LogP contribution is -2.63. The summed E-state index contributed by atoms with van der Waals surface area (Å²) in [6, 6.07) is 22.6. The molecule has 0 bridgehead atoms. The molecule has 0 amide bonds. The lowest BCUT2D eigenvalue weighted by molar-refractivity contribution is -0.0421. The van der Waals surface area contributed by atoms with Crippen LogP contribution in [0.1, 0.15) is 19.4 Å². The van der Waals surface area contributed by atoms with Gasteiger partial charge >= 0.3 is 0 Å². The minimum Gasteiger partial charge on any atom is -0.385 e. The van der Waals surface area contributed by atoms with E-state index >= 15 is 0 Å². The van der Waals surface area contributed by atoms with Crippen LogP contribution >= 0.6 is 0 Å². The molecule has 29 heavy (non-hydrogen) atoms. The third kappa shape index (κ3) is 4.17. The predicted molar refractivity (Wildman–Crippen MR) is 115 cm³/mol. The van der Waals surface area contributed by atoms with Crippen molar-refractivity contribution in [3.05, 3.63) is 84.6 Å². The van der Waals surface area contributed by atoms with Gasteiger partial charge in [-0.2, -0.15) is 0 Å². The third-order valence-electron chi connectivity index (χ3n) is 5.73. The van der Waals surface area contributed by atoms with E-state index in [0.717, 1.165) is 21.9 Å². The smallest absolute Gasteiger partial charge is 0.120 e. The molecule has 0 aliphatic heterocycles. The number of halogens is 1. The minimum atomic E-state index is -1.75. The highest BCUT2D eigenvalue weighted by Gasteiger charge is 2.45. The van der Waals surface area contributed by atoms with Gasteiger partial charge in [-0.3, -0.25) is 16.0 Å². The van der Waals surface area contributed by atoms with Crippen LogP contribution in [0.25, 0.3) is 21.9 Å². The molecule has 2 atom stereocenters. The summed E-state index contributed by atoms with van der Waals surface area (Å²) in [6.45, 7) is 6.06. The monoisotopic (exact) mass is 394 g/mol. The van der Waals surface area contributed by atoms with Crippen LogP contribution in [-0.4, -0.2) is 28.1 Å². The Morgan fingerprint density at radius 2 is 1.62 bits per heavy atom. The topological polar surface area (TPSA) is 64.5 Å². The van der Waals surface area contributed by atoms with Crippen LogP contribution in [0.5, 0.6) is 0 Å². The second kappa shape index (κ2) is 8.33. The van der Waals surface area contributed by atoms with E-state index in [-0.39, 0.29) is 5.70 Å². The molecule has 0 aliphatic carbocycles. The van der Waals surface area contributed by atoms with Crippen molar-refractivity contribution in [2.24, 2.45) is 0 Å². The van der Waals surface area contributed by atoms with E-state index in [1.807, 2.05) is 35.8 Å². The van der Waals surface area contributed by atoms with Gasteiger partial charge < -0.3 is 5.11 Å². The van der Waals surface area contributed by atoms with Crippen LogP contribution in [-0.2, 0) is 6.54 Å². The van der Waals surface area contributed by atoms with Crippen LogP contribution in [0.2, 0.25) is 0 Å². The number of aliphatic hydroxyl groups is 1. The van der Waals surface area contributed by atoms with E-state index in [4.69, 9.17) is 0 Å². The van der Waals surface area contributed by atoms with Crippen molar-refractivity contribution in [1.82, 2.24) is 10.8 Å². The van der Waals surface area contributed by atoms with Crippen LogP contribution in [0.3, 0.4) is 0 Å². The average molecular weight is 394 g/mol. The number of alkyl halides is 1. The second-order valence-corrected chi connectivity index (χ2v) is 7.74. The van der Waals surface area contributed by atoms with Crippen molar-refractivity contribution in [3.63, 3.8) is 0 Å². The first kappa shape index (κ1) is 21.0. The molecule has 0 saturated heterocycles. The lowest BCUT2D eigenvalue weighted by atomic mass is 9.80. The highest BCUT2D eigenvalue weighted by atomic mass is 19.1. The number of nitrogens with one attached hydrogen (secondary N) is 2. The Balaban J connectivity index is 1.84. The van der Waals surface area contributed by atoms with Gasteiger partial charge in [-0.1, -0.05) is 61.2 Å². The molecule has 0 radical (unpaired) electrons. The van der Waals surface area contributed by atoms with E-state index in [2.05, 4.69) is 48.3 Å². The molecular weight excluding hydrogens is 367 g/mol. The Hall–Kier alpha value is -2.73. The Morgan fingerprint density at radius 3 is 2.28 bits per heavy atom. The Morgan fingerprint density at radius 1 is 0.966 bits per heavy atom. The van der Waals surface area contributed by atoms with E-state index < -0.39 is 17.8 Å². The fraction of sp³-hybridized carbons (Fsp3) is 0.250. The summed E-state index contributed by atoms with van der Waals surface area (Å²) in [5, 5.41) is 25.1. The summed E-state index contributed by atoms with van der Waals surface area (Å²) in [4.78, 5) is 0. The van der Waals surface area contributed by atoms with Gasteiger partial charge in [0.2, 0.25) is 0 Å². The molecule has 4 N–H and O–H groups in total. The van der Waals surface area contributed by atoms with Gasteiger partial charge in [0.1, 0.15) is 12.3 Å². The maximum atomic E-state index is 13.4. The maximum absolute atomic E-state index is 13.4. The molecule has 3 aromatic carbocycles. The first-order chi connectivity index (χ1) is 13.8. The van der Waals surface area contributed by atoms with Gasteiger partial charge in [0, 0.05) is 6.54 Å². The molecule has 5 heteroatoms. The first-order valence-corrected chi connectivity index (χ1v) is 9.52. The Labute approximate surface area is 170 Å². The summed E-state index contributed by atoms with van der Waals surface area (Å²) >= 11 is 0. The quantitative estimate of drug-likeness (QED) is 0.423. The summed E-state index contributed by atoms with van der Waals surface area (Å²) in [7, 11) is 0. The number of hydrogen-bond acceptors (Lipinski definition) is 4. The average Bonchev–Trinajstić information content (AvgIpc) is 2.76. The Kier molecular flexibility index (Phi) is 6.03. The lowest BCUT2D eigenvalue weighted by Gasteiger charge is -2.42. The number of hydroxylamine groups is 1. The van der Waals surface area contributed by atoms with Crippen molar-refractivity contribution in [2.75, 3.05) is 6.67 Å². The van der Waals surface area contributed by atoms with E-state index in [1.54, 1.807) is 6.92 Å². The summed E-state index contributed by atoms with van der Waals surface area (Å²) in [6.07, 6.45) is 0. The minimum absolute atomic E-state index is 0.0912. The van der Waals surface area contributed by atoms with Gasteiger partial charge in [-0.05, 0) is 53.4 Å². The van der Waals surface area contributed by atoms with Crippen LogP contribution < -0.4 is 10.8 Å². The highest BCUT2D eigenvalue weighted by Crippen LogP contribution is 2.29. The fourth-order valence-electron chi connectivity index (χ4n) is 3.36. The fourth-order valence-corrected chi connectivity index (χ4v) is 3.36. The second-order valence-electron chi connectivity index (χ2n) is 7.74. The van der Waals surface area contributed by atoms with Crippen LogP contribution in [0.15, 0.2) is 79.0 Å². The molecule has 0 saturated carbocycles. The largest absolute Gasteiger partial charge is 0.385 e. The standard InChI is InChI=1S/C24H27FN2O2/c1-17(27-29)24(3,23(2,28)16-25)26-15-18-9-10-22-14-21(12-11-20(22)13-18)19-7-5-4-6-8-19/h4-14,26-29H,1,15-16H2,2-3H3/t23-,24-/m1/s1. The van der Waals surface area contributed by atoms with Crippen molar-refractivity contribution in [3.8, 4) is 11.1 Å². The van der Waals surface area contributed by atoms with Crippen molar-refractivity contribution >= 4 is 10.8 Å². The molecule has 0 heterocycles. The summed E-state index contributed by atoms with van der Waals surface area (Å²) in [5.41, 5.74) is 2.31. The zero-order valence-electron chi connectivity index (χ0n) is 16.7. The molecule has 0 fully saturated rings. The van der Waals surface area contributed by atoms with Crippen molar-refractivity contribution < 1.29 is 14.7 Å². The van der Waals surface area contributed by atoms with E-state index in [9.17, 15) is 14.7 Å². The van der Waals surface area contributed by atoms with E-state index in [1.165, 1.54) is 12.5 Å². The molecule has 4 nitrogen and oxygen atoms in total. The number of benzene rings is 3. The molecule has 3 rings (SSSR count). The van der Waals surface area contributed by atoms with Gasteiger partial charge in [0.05, 0.1) is 11.2 Å². The summed E-state index contributed by atoms with van der Waals surface area (Å²) in [5.74, 6) is 0. The number of rotatable bonds is 8. The van der Waals surface area contributed by atoms with Crippen molar-refractivity contribution in [1.29, 1.82) is 0 Å². The molecular formula is C24H27FN2O2. The Bertz CT molecular complexity index is 1000. The molecule has 0 aliphatic rings. The van der Waals surface area contributed by atoms with E-state index in [0.29, 0.717) is 6.54 Å². The van der Waals surface area contributed by atoms with Gasteiger partial charge in [0.25, 0.3) is 0 Å². The zero-order valence-corrected chi connectivity index (χ0v) is 16.7. The summed E-state index contributed by atoms with van der Waals surface area (Å²) < 4.78 is 13.4. The SMILES string of the molecule is C=C(NO)[C@@](C)(NCc1ccc2cc(-c3ccccc3)ccc2c1)[C@](C)(O)CF. The number of hydrogen-bond donors (Lipinski definition) is 4. The maximum Gasteiger partial charge on any atom is 0.120 e. The molecule has 152 valence electrons. The van der Waals surface area contributed by atoms with Gasteiger partial charge in [-0.15, -0.1) is 0 Å². The van der Waals surface area contributed by atoms with Crippen LogP contribution in [0, 0.1) is 0 Å². The first-order valence-electron chi connectivity index (χ1n) is 9.52. The molecule has 0 spiro atoms. The normalized spacial score (nSPS) is 15.5. The number of fused-ring (bicyclic) bond motifs is 1. The molecule has 3 aromatic rings. The molecule has 0 unspecified atom stereocenters. The zero-order chi connectivity index (χ0) is 21.1. The molecule has 0 aromatic heterocycles.